The Morgan fingerprint density at radius 2 is 2.00 bits per heavy atom. The number of anilines is 1. The van der Waals surface area contributed by atoms with Crippen molar-refractivity contribution in [1.82, 2.24) is 10.2 Å². The molecular weight excluding hydrogens is 252 g/mol. The number of hydrogen-bond donors (Lipinski definition) is 2. The average molecular weight is 262 g/mol. The Bertz CT molecular complexity index is 824. The standard InChI is InChI=1S/C15H10N4O/c16-8-11-9-17-19-14(11)18-15(20)13-7-3-5-10-4-1-2-6-12(10)13/h1-7,9H,(H2,17,18,19,20). The second-order valence-corrected chi connectivity index (χ2v) is 4.25. The first-order valence-electron chi connectivity index (χ1n) is 6.02. The molecule has 5 heteroatoms. The van der Waals surface area contributed by atoms with E-state index in [1.807, 2.05) is 42.5 Å². The summed E-state index contributed by atoms with van der Waals surface area (Å²) in [6, 6.07) is 15.1. The third kappa shape index (κ3) is 1.99. The molecule has 0 saturated carbocycles. The predicted molar refractivity (Wildman–Crippen MR) is 75.2 cm³/mol. The maximum atomic E-state index is 12.3. The van der Waals surface area contributed by atoms with Gasteiger partial charge in [0.15, 0.2) is 0 Å². The van der Waals surface area contributed by atoms with Crippen LogP contribution in [0.3, 0.4) is 0 Å². The highest BCUT2D eigenvalue weighted by Gasteiger charge is 2.12. The van der Waals surface area contributed by atoms with E-state index in [1.165, 1.54) is 6.20 Å². The fraction of sp³-hybridized carbons (Fsp3) is 0. The summed E-state index contributed by atoms with van der Waals surface area (Å²) in [6.45, 7) is 0. The molecule has 0 bridgehead atoms. The second-order valence-electron chi connectivity index (χ2n) is 4.25. The van der Waals surface area contributed by atoms with Crippen molar-refractivity contribution in [1.29, 1.82) is 5.26 Å². The molecule has 96 valence electrons. The van der Waals surface area contributed by atoms with E-state index in [1.54, 1.807) is 6.07 Å². The zero-order chi connectivity index (χ0) is 13.9. The fourth-order valence-corrected chi connectivity index (χ4v) is 2.07. The molecule has 0 fully saturated rings. The number of carbonyl (C=O) groups excluding carboxylic acids is 1. The molecule has 0 aliphatic carbocycles. The molecule has 3 aromatic rings. The summed E-state index contributed by atoms with van der Waals surface area (Å²) in [7, 11) is 0. The van der Waals surface area contributed by atoms with Gasteiger partial charge in [0.25, 0.3) is 5.91 Å². The minimum atomic E-state index is -0.275. The fourth-order valence-electron chi connectivity index (χ4n) is 2.07. The molecule has 0 saturated heterocycles. The summed E-state index contributed by atoms with van der Waals surface area (Å²) in [5.74, 6) is 0.0352. The number of H-pyrrole nitrogens is 1. The van der Waals surface area contributed by atoms with Gasteiger partial charge in [0.05, 0.1) is 6.20 Å². The lowest BCUT2D eigenvalue weighted by atomic mass is 10.0. The van der Waals surface area contributed by atoms with Gasteiger partial charge in [-0.25, -0.2) is 0 Å². The van der Waals surface area contributed by atoms with Crippen LogP contribution in [0.1, 0.15) is 15.9 Å². The van der Waals surface area contributed by atoms with Gasteiger partial charge >= 0.3 is 0 Å². The molecule has 2 aromatic carbocycles. The smallest absolute Gasteiger partial charge is 0.257 e. The van der Waals surface area contributed by atoms with Crippen molar-refractivity contribution in [2.75, 3.05) is 5.32 Å². The highest BCUT2D eigenvalue weighted by atomic mass is 16.1. The Morgan fingerprint density at radius 3 is 2.85 bits per heavy atom. The van der Waals surface area contributed by atoms with Crippen LogP contribution in [0, 0.1) is 11.3 Å². The highest BCUT2D eigenvalue weighted by molar-refractivity contribution is 6.12. The number of aromatic amines is 1. The highest BCUT2D eigenvalue weighted by Crippen LogP contribution is 2.20. The predicted octanol–water partition coefficient (Wildman–Crippen LogP) is 2.69. The van der Waals surface area contributed by atoms with Crippen LogP contribution in [0.5, 0.6) is 0 Å². The monoisotopic (exact) mass is 262 g/mol. The normalized spacial score (nSPS) is 10.2. The number of nitrogens with one attached hydrogen (secondary N) is 2. The molecule has 0 atom stereocenters. The van der Waals surface area contributed by atoms with Crippen LogP contribution >= 0.6 is 0 Å². The minimum Gasteiger partial charge on any atom is -0.306 e. The van der Waals surface area contributed by atoms with Crippen molar-refractivity contribution >= 4 is 22.5 Å². The van der Waals surface area contributed by atoms with Crippen molar-refractivity contribution in [2.24, 2.45) is 0 Å². The summed E-state index contributed by atoms with van der Waals surface area (Å²) in [6.07, 6.45) is 1.37. The Morgan fingerprint density at radius 1 is 1.20 bits per heavy atom. The van der Waals surface area contributed by atoms with Gasteiger partial charge in [0.2, 0.25) is 0 Å². The Labute approximate surface area is 114 Å². The van der Waals surface area contributed by atoms with Gasteiger partial charge in [0, 0.05) is 5.56 Å². The summed E-state index contributed by atoms with van der Waals surface area (Å²) in [4.78, 5) is 12.3. The first-order chi connectivity index (χ1) is 9.79. The van der Waals surface area contributed by atoms with Crippen molar-refractivity contribution in [3.05, 3.63) is 59.8 Å². The molecular formula is C15H10N4O. The molecule has 1 heterocycles. The SMILES string of the molecule is N#Cc1cn[nH]c1NC(=O)c1cccc2ccccc12. The third-order valence-corrected chi connectivity index (χ3v) is 3.03. The van der Waals surface area contributed by atoms with Crippen LogP contribution in [-0.4, -0.2) is 16.1 Å². The van der Waals surface area contributed by atoms with Crippen molar-refractivity contribution in [3.63, 3.8) is 0 Å². The number of amides is 1. The quantitative estimate of drug-likeness (QED) is 0.745. The van der Waals surface area contributed by atoms with Gasteiger partial charge in [-0.3, -0.25) is 9.89 Å². The number of nitriles is 1. The number of nitrogens with zero attached hydrogens (tertiary/aromatic N) is 2. The molecule has 3 rings (SSSR count). The van der Waals surface area contributed by atoms with E-state index >= 15 is 0 Å². The lowest BCUT2D eigenvalue weighted by Crippen LogP contribution is -2.13. The summed E-state index contributed by atoms with van der Waals surface area (Å²) in [5.41, 5.74) is 0.861. The van der Waals surface area contributed by atoms with Crippen molar-refractivity contribution in [3.8, 4) is 6.07 Å². The molecule has 20 heavy (non-hydrogen) atoms. The first kappa shape index (κ1) is 11.9. The Hall–Kier alpha value is -3.13. The van der Waals surface area contributed by atoms with Gasteiger partial charge < -0.3 is 5.32 Å². The molecule has 1 aromatic heterocycles. The van der Waals surface area contributed by atoms with E-state index < -0.39 is 0 Å². The van der Waals surface area contributed by atoms with Gasteiger partial charge in [-0.2, -0.15) is 10.4 Å². The summed E-state index contributed by atoms with van der Waals surface area (Å²) in [5, 5.41) is 19.8. The molecule has 0 unspecified atom stereocenters. The van der Waals surface area contributed by atoms with E-state index in [0.717, 1.165) is 10.8 Å². The van der Waals surface area contributed by atoms with Gasteiger partial charge in [0.1, 0.15) is 17.5 Å². The van der Waals surface area contributed by atoms with E-state index in [0.29, 0.717) is 16.9 Å². The van der Waals surface area contributed by atoms with Gasteiger partial charge in [-0.15, -0.1) is 0 Å². The van der Waals surface area contributed by atoms with Crippen molar-refractivity contribution < 1.29 is 4.79 Å². The number of fused-ring (bicyclic) bond motifs is 1. The first-order valence-corrected chi connectivity index (χ1v) is 6.02. The molecule has 0 aliphatic heterocycles. The molecule has 2 N–H and O–H groups in total. The number of benzene rings is 2. The van der Waals surface area contributed by atoms with E-state index in [-0.39, 0.29) is 5.91 Å². The lowest BCUT2D eigenvalue weighted by molar-refractivity contribution is 0.102. The zero-order valence-corrected chi connectivity index (χ0v) is 10.4. The number of rotatable bonds is 2. The average Bonchev–Trinajstić information content (AvgIpc) is 2.93. The summed E-state index contributed by atoms with van der Waals surface area (Å²) < 4.78 is 0. The van der Waals surface area contributed by atoms with Crippen LogP contribution in [-0.2, 0) is 0 Å². The molecule has 5 nitrogen and oxygen atoms in total. The van der Waals surface area contributed by atoms with Crippen LogP contribution in [0.15, 0.2) is 48.7 Å². The lowest BCUT2D eigenvalue weighted by Gasteiger charge is -2.06. The summed E-state index contributed by atoms with van der Waals surface area (Å²) >= 11 is 0. The largest absolute Gasteiger partial charge is 0.306 e. The van der Waals surface area contributed by atoms with E-state index in [9.17, 15) is 4.79 Å². The zero-order valence-electron chi connectivity index (χ0n) is 10.4. The van der Waals surface area contributed by atoms with Gasteiger partial charge in [-0.05, 0) is 16.8 Å². The number of hydrogen-bond acceptors (Lipinski definition) is 3. The Kier molecular flexibility index (Phi) is 2.90. The molecule has 0 aliphatic rings. The second kappa shape index (κ2) is 4.86. The maximum absolute atomic E-state index is 12.3. The van der Waals surface area contributed by atoms with Gasteiger partial charge in [-0.1, -0.05) is 36.4 Å². The number of aromatic nitrogens is 2. The van der Waals surface area contributed by atoms with Crippen LogP contribution < -0.4 is 5.32 Å². The van der Waals surface area contributed by atoms with E-state index in [2.05, 4.69) is 15.5 Å². The number of carbonyl (C=O) groups is 1. The molecule has 0 spiro atoms. The Balaban J connectivity index is 2.00. The maximum Gasteiger partial charge on any atom is 0.257 e. The van der Waals surface area contributed by atoms with Crippen LogP contribution in [0.2, 0.25) is 0 Å². The van der Waals surface area contributed by atoms with Crippen LogP contribution in [0.25, 0.3) is 10.8 Å². The van der Waals surface area contributed by atoms with Crippen LogP contribution in [0.4, 0.5) is 5.82 Å². The van der Waals surface area contributed by atoms with E-state index in [4.69, 9.17) is 5.26 Å². The minimum absolute atomic E-state index is 0.275. The molecule has 0 radical (unpaired) electrons. The molecule has 1 amide bonds. The van der Waals surface area contributed by atoms with Crippen molar-refractivity contribution in [2.45, 2.75) is 0 Å². The third-order valence-electron chi connectivity index (χ3n) is 3.03. The topological polar surface area (TPSA) is 81.6 Å².